The summed E-state index contributed by atoms with van der Waals surface area (Å²) < 4.78 is 28.7. The van der Waals surface area contributed by atoms with Crippen molar-refractivity contribution in [3.63, 3.8) is 0 Å². The minimum Gasteiger partial charge on any atom is -0.372 e. The average molecular weight is 421 g/mol. The van der Waals surface area contributed by atoms with Gasteiger partial charge in [0.15, 0.2) is 0 Å². The second kappa shape index (κ2) is 6.11. The second-order valence-corrected chi connectivity index (χ2v) is 7.16. The van der Waals surface area contributed by atoms with Crippen LogP contribution in [0.1, 0.15) is 0 Å². The summed E-state index contributed by atoms with van der Waals surface area (Å²) in [5, 5.41) is 2.76. The Kier molecular flexibility index (Phi) is 4.66. The standard InChI is InChI=1S/C12H11Br2N3O2S/c1-15-12-10(6-3-7-16-12)20(18,19)17-11-8(13)4-2-5-9(11)14/h2-7,17H,1H3,(H,15,16). The fourth-order valence-electron chi connectivity index (χ4n) is 1.58. The van der Waals surface area contributed by atoms with Gasteiger partial charge in [-0.1, -0.05) is 6.07 Å². The number of halogens is 2. The lowest BCUT2D eigenvalue weighted by Gasteiger charge is -2.13. The molecule has 5 nitrogen and oxygen atoms in total. The number of sulfonamides is 1. The van der Waals surface area contributed by atoms with Crippen molar-refractivity contribution in [2.24, 2.45) is 0 Å². The van der Waals surface area contributed by atoms with Gasteiger partial charge in [0.2, 0.25) is 0 Å². The Morgan fingerprint density at radius 3 is 2.35 bits per heavy atom. The van der Waals surface area contributed by atoms with Crippen molar-refractivity contribution >= 4 is 53.4 Å². The van der Waals surface area contributed by atoms with Crippen molar-refractivity contribution < 1.29 is 8.42 Å². The normalized spacial score (nSPS) is 11.2. The lowest BCUT2D eigenvalue weighted by molar-refractivity contribution is 0.601. The zero-order valence-corrected chi connectivity index (χ0v) is 14.4. The molecule has 0 amide bonds. The highest BCUT2D eigenvalue weighted by molar-refractivity contribution is 9.11. The molecule has 2 rings (SSSR count). The van der Waals surface area contributed by atoms with Gasteiger partial charge in [0.05, 0.1) is 5.69 Å². The molecule has 0 saturated carbocycles. The van der Waals surface area contributed by atoms with Crippen LogP contribution in [-0.4, -0.2) is 20.4 Å². The first-order valence-electron chi connectivity index (χ1n) is 5.55. The predicted molar refractivity (Wildman–Crippen MR) is 86.4 cm³/mol. The van der Waals surface area contributed by atoms with Crippen LogP contribution in [0, 0.1) is 0 Å². The highest BCUT2D eigenvalue weighted by Crippen LogP contribution is 2.33. The molecule has 0 aliphatic heterocycles. The molecule has 1 aromatic carbocycles. The Labute approximate surface area is 134 Å². The van der Waals surface area contributed by atoms with Gasteiger partial charge in [-0.25, -0.2) is 13.4 Å². The summed E-state index contributed by atoms with van der Waals surface area (Å²) in [5.41, 5.74) is 0.443. The number of benzene rings is 1. The molecule has 0 aliphatic rings. The molecule has 20 heavy (non-hydrogen) atoms. The van der Waals surface area contributed by atoms with Crippen molar-refractivity contribution in [1.82, 2.24) is 4.98 Å². The van der Waals surface area contributed by atoms with Gasteiger partial charge in [-0.3, -0.25) is 4.72 Å². The smallest absolute Gasteiger partial charge is 0.265 e. The van der Waals surface area contributed by atoms with Crippen molar-refractivity contribution in [3.05, 3.63) is 45.5 Å². The van der Waals surface area contributed by atoms with Crippen molar-refractivity contribution in [3.8, 4) is 0 Å². The van der Waals surface area contributed by atoms with E-state index in [4.69, 9.17) is 0 Å². The van der Waals surface area contributed by atoms with E-state index >= 15 is 0 Å². The molecule has 0 saturated heterocycles. The van der Waals surface area contributed by atoms with E-state index < -0.39 is 10.0 Å². The van der Waals surface area contributed by atoms with E-state index in [1.165, 1.54) is 12.3 Å². The fourth-order valence-corrected chi connectivity index (χ4v) is 4.30. The summed E-state index contributed by atoms with van der Waals surface area (Å²) in [6.45, 7) is 0. The minimum absolute atomic E-state index is 0.0881. The Morgan fingerprint density at radius 2 is 1.75 bits per heavy atom. The monoisotopic (exact) mass is 419 g/mol. The number of aromatic nitrogens is 1. The number of nitrogens with one attached hydrogen (secondary N) is 2. The maximum absolute atomic E-state index is 12.5. The molecule has 8 heteroatoms. The maximum Gasteiger partial charge on any atom is 0.265 e. The number of nitrogens with zero attached hydrogens (tertiary/aromatic N) is 1. The Morgan fingerprint density at radius 1 is 1.10 bits per heavy atom. The van der Waals surface area contributed by atoms with E-state index in [-0.39, 0.29) is 4.90 Å². The van der Waals surface area contributed by atoms with E-state index in [0.717, 1.165) is 0 Å². The molecule has 2 N–H and O–H groups in total. The highest BCUT2D eigenvalue weighted by atomic mass is 79.9. The molecule has 0 radical (unpaired) electrons. The van der Waals surface area contributed by atoms with E-state index in [1.807, 2.05) is 0 Å². The lowest BCUT2D eigenvalue weighted by atomic mass is 10.3. The number of rotatable bonds is 4. The fraction of sp³-hybridized carbons (Fsp3) is 0.0833. The van der Waals surface area contributed by atoms with Gasteiger partial charge in [0.25, 0.3) is 10.0 Å². The largest absolute Gasteiger partial charge is 0.372 e. The topological polar surface area (TPSA) is 71.1 Å². The van der Waals surface area contributed by atoms with Crippen LogP contribution < -0.4 is 10.0 Å². The molecule has 0 bridgehead atoms. The zero-order chi connectivity index (χ0) is 14.8. The third kappa shape index (κ3) is 3.13. The summed E-state index contributed by atoms with van der Waals surface area (Å²) in [6.07, 6.45) is 1.53. The third-order valence-corrected chi connectivity index (χ3v) is 5.20. The zero-order valence-electron chi connectivity index (χ0n) is 10.4. The first kappa shape index (κ1) is 15.3. The minimum atomic E-state index is -3.74. The number of para-hydroxylation sites is 1. The van der Waals surface area contributed by atoms with Gasteiger partial charge < -0.3 is 5.32 Å². The summed E-state index contributed by atoms with van der Waals surface area (Å²) in [6, 6.07) is 8.38. The summed E-state index contributed by atoms with van der Waals surface area (Å²) in [5.74, 6) is 0.295. The van der Waals surface area contributed by atoms with Gasteiger partial charge in [0.1, 0.15) is 10.7 Å². The SMILES string of the molecule is CNc1ncccc1S(=O)(=O)Nc1c(Br)cccc1Br. The van der Waals surface area contributed by atoms with Gasteiger partial charge in [0, 0.05) is 22.2 Å². The average Bonchev–Trinajstić information content (AvgIpc) is 2.43. The molecule has 106 valence electrons. The number of anilines is 2. The predicted octanol–water partition coefficient (Wildman–Crippen LogP) is 3.45. The van der Waals surface area contributed by atoms with Gasteiger partial charge >= 0.3 is 0 Å². The van der Waals surface area contributed by atoms with Crippen molar-refractivity contribution in [1.29, 1.82) is 0 Å². The summed E-state index contributed by atoms with van der Waals surface area (Å²) >= 11 is 6.64. The summed E-state index contributed by atoms with van der Waals surface area (Å²) in [7, 11) is -2.12. The molecule has 0 spiro atoms. The van der Waals surface area contributed by atoms with Crippen LogP contribution in [0.5, 0.6) is 0 Å². The number of hydrogen-bond donors (Lipinski definition) is 2. The molecular weight excluding hydrogens is 410 g/mol. The van der Waals surface area contributed by atoms with Gasteiger partial charge in [-0.15, -0.1) is 0 Å². The second-order valence-electron chi connectivity index (χ2n) is 3.80. The third-order valence-electron chi connectivity index (χ3n) is 2.50. The van der Waals surface area contributed by atoms with Crippen LogP contribution in [-0.2, 0) is 10.0 Å². The quantitative estimate of drug-likeness (QED) is 0.794. The number of hydrogen-bond acceptors (Lipinski definition) is 4. The first-order chi connectivity index (χ1) is 9.45. The van der Waals surface area contributed by atoms with Crippen LogP contribution in [0.3, 0.4) is 0 Å². The first-order valence-corrected chi connectivity index (χ1v) is 8.62. The van der Waals surface area contributed by atoms with Crippen LogP contribution >= 0.6 is 31.9 Å². The van der Waals surface area contributed by atoms with Crippen LogP contribution in [0.4, 0.5) is 11.5 Å². The van der Waals surface area contributed by atoms with E-state index in [9.17, 15) is 8.42 Å². The van der Waals surface area contributed by atoms with E-state index in [1.54, 1.807) is 31.3 Å². The molecular formula is C12H11Br2N3O2S. The lowest BCUT2D eigenvalue weighted by Crippen LogP contribution is -2.16. The molecule has 0 atom stereocenters. The molecule has 1 heterocycles. The molecule has 1 aromatic heterocycles. The maximum atomic E-state index is 12.5. The van der Waals surface area contributed by atoms with Crippen LogP contribution in [0.25, 0.3) is 0 Å². The van der Waals surface area contributed by atoms with Crippen LogP contribution in [0.15, 0.2) is 50.4 Å². The van der Waals surface area contributed by atoms with Crippen molar-refractivity contribution in [2.75, 3.05) is 17.1 Å². The molecule has 0 unspecified atom stereocenters. The Balaban J connectivity index is 2.47. The Bertz CT molecular complexity index is 715. The summed E-state index contributed by atoms with van der Waals surface area (Å²) in [4.78, 5) is 4.08. The molecule has 0 aliphatic carbocycles. The Hall–Kier alpha value is -1.12. The van der Waals surface area contributed by atoms with E-state index in [2.05, 4.69) is 46.9 Å². The van der Waals surface area contributed by atoms with Gasteiger partial charge in [-0.2, -0.15) is 0 Å². The number of pyridine rings is 1. The van der Waals surface area contributed by atoms with E-state index in [0.29, 0.717) is 20.5 Å². The molecule has 0 fully saturated rings. The highest BCUT2D eigenvalue weighted by Gasteiger charge is 2.21. The molecule has 2 aromatic rings. The van der Waals surface area contributed by atoms with Crippen LogP contribution in [0.2, 0.25) is 0 Å². The van der Waals surface area contributed by atoms with Crippen molar-refractivity contribution in [2.45, 2.75) is 4.90 Å². The van der Waals surface area contributed by atoms with Gasteiger partial charge in [-0.05, 0) is 56.1 Å².